The number of aliphatic hydroxyl groups excluding tert-OH is 1. The van der Waals surface area contributed by atoms with Crippen LogP contribution in [0.15, 0.2) is 30.3 Å². The minimum absolute atomic E-state index is 0.0656. The number of aryl methyl sites for hydroxylation is 1. The zero-order chi connectivity index (χ0) is 13.7. The molecular weight excluding hydrogens is 262 g/mol. The summed E-state index contributed by atoms with van der Waals surface area (Å²) in [6, 6.07) is 9.69. The lowest BCUT2D eigenvalue weighted by atomic mass is 10.2. The van der Waals surface area contributed by atoms with Gasteiger partial charge in [-0.1, -0.05) is 34.8 Å². The van der Waals surface area contributed by atoms with Gasteiger partial charge < -0.3 is 10.0 Å². The molecule has 0 spiro atoms. The normalized spacial score (nSPS) is 10.4. The summed E-state index contributed by atoms with van der Waals surface area (Å²) in [6.45, 7) is 2.46. The molecular formula is C13H15N3O2S. The summed E-state index contributed by atoms with van der Waals surface area (Å²) < 4.78 is 3.77. The Kier molecular flexibility index (Phi) is 4.59. The van der Waals surface area contributed by atoms with Crippen LogP contribution in [0.1, 0.15) is 20.9 Å². The molecule has 0 radical (unpaired) electrons. The second-order valence-electron chi connectivity index (χ2n) is 4.12. The maximum atomic E-state index is 12.4. The van der Waals surface area contributed by atoms with E-state index in [1.165, 1.54) is 0 Å². The van der Waals surface area contributed by atoms with Crippen molar-refractivity contribution >= 4 is 17.4 Å². The van der Waals surface area contributed by atoms with Gasteiger partial charge in [-0.2, -0.15) is 0 Å². The van der Waals surface area contributed by atoms with Gasteiger partial charge in [-0.25, -0.2) is 0 Å². The van der Waals surface area contributed by atoms with Gasteiger partial charge in [-0.3, -0.25) is 4.79 Å². The third-order valence-electron chi connectivity index (χ3n) is 2.72. The molecule has 1 amide bonds. The smallest absolute Gasteiger partial charge is 0.267 e. The maximum absolute atomic E-state index is 12.4. The van der Waals surface area contributed by atoms with Gasteiger partial charge in [-0.05, 0) is 24.0 Å². The number of rotatable bonds is 5. The van der Waals surface area contributed by atoms with Gasteiger partial charge in [0.2, 0.25) is 0 Å². The average molecular weight is 277 g/mol. The van der Waals surface area contributed by atoms with Crippen molar-refractivity contribution in [1.29, 1.82) is 0 Å². The molecule has 100 valence electrons. The third-order valence-corrected chi connectivity index (χ3v) is 3.54. The zero-order valence-electron chi connectivity index (χ0n) is 10.6. The van der Waals surface area contributed by atoms with Crippen LogP contribution in [0.4, 0.5) is 0 Å². The third kappa shape index (κ3) is 3.36. The molecule has 5 nitrogen and oxygen atoms in total. The molecule has 0 unspecified atom stereocenters. The highest BCUT2D eigenvalue weighted by Gasteiger charge is 2.20. The number of amides is 1. The van der Waals surface area contributed by atoms with Crippen molar-refractivity contribution in [2.45, 2.75) is 13.5 Å². The summed E-state index contributed by atoms with van der Waals surface area (Å²) >= 11 is 1.09. The van der Waals surface area contributed by atoms with Gasteiger partial charge in [0.05, 0.1) is 12.3 Å². The number of carbonyl (C=O) groups is 1. The first-order valence-electron chi connectivity index (χ1n) is 5.95. The number of carbonyl (C=O) groups excluding carboxylic acids is 1. The number of aromatic nitrogens is 2. The van der Waals surface area contributed by atoms with E-state index in [1.807, 2.05) is 30.3 Å². The van der Waals surface area contributed by atoms with Crippen LogP contribution in [-0.4, -0.2) is 38.7 Å². The Morgan fingerprint density at radius 3 is 2.68 bits per heavy atom. The van der Waals surface area contributed by atoms with Crippen LogP contribution in [0.5, 0.6) is 0 Å². The van der Waals surface area contributed by atoms with E-state index in [4.69, 9.17) is 5.11 Å². The summed E-state index contributed by atoms with van der Waals surface area (Å²) in [5, 5.41) is 13.0. The fraction of sp³-hybridized carbons (Fsp3) is 0.308. The molecule has 2 aromatic rings. The van der Waals surface area contributed by atoms with E-state index in [2.05, 4.69) is 9.59 Å². The van der Waals surface area contributed by atoms with E-state index in [-0.39, 0.29) is 12.5 Å². The lowest BCUT2D eigenvalue weighted by molar-refractivity contribution is 0.0712. The molecule has 0 saturated heterocycles. The topological polar surface area (TPSA) is 66.3 Å². The molecule has 0 atom stereocenters. The Morgan fingerprint density at radius 2 is 2.11 bits per heavy atom. The van der Waals surface area contributed by atoms with Gasteiger partial charge in [0, 0.05) is 13.1 Å². The molecule has 0 saturated carbocycles. The minimum atomic E-state index is -0.134. The number of aliphatic hydroxyl groups is 1. The molecule has 1 N–H and O–H groups in total. The Bertz CT molecular complexity index is 542. The molecule has 0 fully saturated rings. The van der Waals surface area contributed by atoms with Crippen molar-refractivity contribution in [1.82, 2.24) is 14.5 Å². The van der Waals surface area contributed by atoms with E-state index >= 15 is 0 Å². The van der Waals surface area contributed by atoms with Crippen molar-refractivity contribution in [3.63, 3.8) is 0 Å². The van der Waals surface area contributed by atoms with E-state index in [9.17, 15) is 4.79 Å². The maximum Gasteiger partial charge on any atom is 0.267 e. The Labute approximate surface area is 115 Å². The highest BCUT2D eigenvalue weighted by Crippen LogP contribution is 2.14. The number of hydrogen-bond acceptors (Lipinski definition) is 5. The predicted octanol–water partition coefficient (Wildman–Crippen LogP) is 1.48. The lowest BCUT2D eigenvalue weighted by Crippen LogP contribution is -2.33. The number of nitrogens with zero attached hydrogens (tertiary/aromatic N) is 3. The van der Waals surface area contributed by atoms with Crippen molar-refractivity contribution in [2.24, 2.45) is 0 Å². The minimum Gasteiger partial charge on any atom is -0.395 e. The van der Waals surface area contributed by atoms with Crippen LogP contribution < -0.4 is 0 Å². The summed E-state index contributed by atoms with van der Waals surface area (Å²) in [5.41, 5.74) is 1.66. The molecule has 2 rings (SSSR count). The van der Waals surface area contributed by atoms with Crippen molar-refractivity contribution in [3.8, 4) is 0 Å². The fourth-order valence-corrected chi connectivity index (χ4v) is 2.37. The van der Waals surface area contributed by atoms with Gasteiger partial charge in [0.1, 0.15) is 4.88 Å². The fourth-order valence-electron chi connectivity index (χ4n) is 1.75. The Morgan fingerprint density at radius 1 is 1.37 bits per heavy atom. The van der Waals surface area contributed by atoms with Gasteiger partial charge >= 0.3 is 0 Å². The first-order chi connectivity index (χ1) is 9.22. The molecule has 19 heavy (non-hydrogen) atoms. The molecule has 1 heterocycles. The molecule has 1 aromatic heterocycles. The van der Waals surface area contributed by atoms with E-state index < -0.39 is 0 Å². The monoisotopic (exact) mass is 277 g/mol. The standard InChI is InChI=1S/C13H15N3O2S/c1-10-12(19-15-14-10)13(18)16(7-8-17)9-11-5-3-2-4-6-11/h2-6,17H,7-9H2,1H3. The molecule has 0 aliphatic heterocycles. The summed E-state index contributed by atoms with van der Waals surface area (Å²) in [4.78, 5) is 14.5. The van der Waals surface area contributed by atoms with Crippen LogP contribution in [-0.2, 0) is 6.54 Å². The Balaban J connectivity index is 2.16. The number of hydrogen-bond donors (Lipinski definition) is 1. The van der Waals surface area contributed by atoms with E-state index in [0.29, 0.717) is 23.7 Å². The Hall–Kier alpha value is -1.79. The van der Waals surface area contributed by atoms with Gasteiger partial charge in [0.15, 0.2) is 0 Å². The molecule has 1 aromatic carbocycles. The van der Waals surface area contributed by atoms with Crippen LogP contribution in [0.2, 0.25) is 0 Å². The number of benzene rings is 1. The molecule has 0 aliphatic rings. The van der Waals surface area contributed by atoms with Crippen molar-refractivity contribution in [2.75, 3.05) is 13.2 Å². The quantitative estimate of drug-likeness (QED) is 0.899. The molecule has 0 bridgehead atoms. The highest BCUT2D eigenvalue weighted by molar-refractivity contribution is 7.07. The SMILES string of the molecule is Cc1nnsc1C(=O)N(CCO)Cc1ccccc1. The second kappa shape index (κ2) is 6.40. The van der Waals surface area contributed by atoms with Gasteiger partial charge in [-0.15, -0.1) is 5.10 Å². The zero-order valence-corrected chi connectivity index (χ0v) is 11.4. The lowest BCUT2D eigenvalue weighted by Gasteiger charge is -2.21. The van der Waals surface area contributed by atoms with Crippen molar-refractivity contribution < 1.29 is 9.90 Å². The van der Waals surface area contributed by atoms with Crippen LogP contribution in [0, 0.1) is 6.92 Å². The van der Waals surface area contributed by atoms with E-state index in [1.54, 1.807) is 11.8 Å². The molecule has 6 heteroatoms. The van der Waals surface area contributed by atoms with Crippen LogP contribution in [0.3, 0.4) is 0 Å². The summed E-state index contributed by atoms with van der Waals surface area (Å²) in [7, 11) is 0. The van der Waals surface area contributed by atoms with E-state index in [0.717, 1.165) is 17.1 Å². The average Bonchev–Trinajstić information content (AvgIpc) is 2.85. The first-order valence-corrected chi connectivity index (χ1v) is 6.72. The highest BCUT2D eigenvalue weighted by atomic mass is 32.1. The molecule has 0 aliphatic carbocycles. The van der Waals surface area contributed by atoms with Crippen LogP contribution in [0.25, 0.3) is 0 Å². The van der Waals surface area contributed by atoms with Crippen LogP contribution >= 0.6 is 11.5 Å². The first kappa shape index (κ1) is 13.6. The summed E-state index contributed by atoms with van der Waals surface area (Å²) in [6.07, 6.45) is 0. The largest absolute Gasteiger partial charge is 0.395 e. The van der Waals surface area contributed by atoms with Crippen molar-refractivity contribution in [3.05, 3.63) is 46.5 Å². The predicted molar refractivity (Wildman–Crippen MR) is 72.9 cm³/mol. The summed E-state index contributed by atoms with van der Waals surface area (Å²) in [5.74, 6) is -0.134. The second-order valence-corrected chi connectivity index (χ2v) is 4.88. The van der Waals surface area contributed by atoms with Gasteiger partial charge in [0.25, 0.3) is 5.91 Å².